The first kappa shape index (κ1) is 13.9. The van der Waals surface area contributed by atoms with Gasteiger partial charge in [-0.3, -0.25) is 9.79 Å². The molecule has 2 rings (SSSR count). The summed E-state index contributed by atoms with van der Waals surface area (Å²) in [5.41, 5.74) is 1.17. The number of hydrogen-bond acceptors (Lipinski definition) is 5. The van der Waals surface area contributed by atoms with Crippen LogP contribution in [0.15, 0.2) is 29.3 Å². The second kappa shape index (κ2) is 6.61. The first-order chi connectivity index (χ1) is 9.21. The molecule has 0 saturated heterocycles. The SMILES string of the molecule is COC(=O)CC1CSC(Cc2cccc(OC)c2)=N1. The van der Waals surface area contributed by atoms with Gasteiger partial charge in [-0.25, -0.2) is 0 Å². The fraction of sp³-hybridized carbons (Fsp3) is 0.429. The molecular weight excluding hydrogens is 262 g/mol. The first-order valence-corrected chi connectivity index (χ1v) is 7.09. The van der Waals surface area contributed by atoms with E-state index in [0.29, 0.717) is 6.42 Å². The van der Waals surface area contributed by atoms with Crippen LogP contribution in [-0.2, 0) is 16.0 Å². The Kier molecular flexibility index (Phi) is 4.85. The minimum Gasteiger partial charge on any atom is -0.497 e. The van der Waals surface area contributed by atoms with Crippen molar-refractivity contribution in [2.24, 2.45) is 4.99 Å². The summed E-state index contributed by atoms with van der Waals surface area (Å²) in [4.78, 5) is 15.8. The van der Waals surface area contributed by atoms with Crippen molar-refractivity contribution in [2.45, 2.75) is 18.9 Å². The zero-order valence-electron chi connectivity index (χ0n) is 11.1. The van der Waals surface area contributed by atoms with Gasteiger partial charge in [0.25, 0.3) is 0 Å². The topological polar surface area (TPSA) is 47.9 Å². The maximum absolute atomic E-state index is 11.2. The Hall–Kier alpha value is -1.49. The number of ether oxygens (including phenoxy) is 2. The van der Waals surface area contributed by atoms with Crippen LogP contribution in [0.25, 0.3) is 0 Å². The molecule has 0 aliphatic carbocycles. The molecule has 0 aromatic heterocycles. The normalized spacial score (nSPS) is 18.0. The Morgan fingerprint density at radius 2 is 2.32 bits per heavy atom. The van der Waals surface area contributed by atoms with E-state index in [1.165, 1.54) is 12.7 Å². The molecule has 1 aliphatic heterocycles. The third-order valence-electron chi connectivity index (χ3n) is 2.89. The molecule has 0 bridgehead atoms. The van der Waals surface area contributed by atoms with E-state index in [1.54, 1.807) is 18.9 Å². The Bertz CT molecular complexity index is 487. The van der Waals surface area contributed by atoms with E-state index in [4.69, 9.17) is 4.74 Å². The summed E-state index contributed by atoms with van der Waals surface area (Å²) in [7, 11) is 3.07. The van der Waals surface area contributed by atoms with Crippen LogP contribution in [0.4, 0.5) is 0 Å². The zero-order chi connectivity index (χ0) is 13.7. The number of carbonyl (C=O) groups excluding carboxylic acids is 1. The monoisotopic (exact) mass is 279 g/mol. The molecule has 0 fully saturated rings. The van der Waals surface area contributed by atoms with Crippen molar-refractivity contribution >= 4 is 22.8 Å². The van der Waals surface area contributed by atoms with Crippen molar-refractivity contribution < 1.29 is 14.3 Å². The van der Waals surface area contributed by atoms with Crippen molar-refractivity contribution in [3.8, 4) is 5.75 Å². The van der Waals surface area contributed by atoms with Crippen molar-refractivity contribution in [1.29, 1.82) is 0 Å². The highest BCUT2D eigenvalue weighted by Crippen LogP contribution is 2.24. The highest BCUT2D eigenvalue weighted by molar-refractivity contribution is 8.14. The van der Waals surface area contributed by atoms with E-state index < -0.39 is 0 Å². The number of esters is 1. The molecule has 102 valence electrons. The van der Waals surface area contributed by atoms with Gasteiger partial charge in [0.15, 0.2) is 0 Å². The van der Waals surface area contributed by atoms with E-state index in [1.807, 2.05) is 18.2 Å². The van der Waals surface area contributed by atoms with Crippen molar-refractivity contribution in [3.63, 3.8) is 0 Å². The highest BCUT2D eigenvalue weighted by atomic mass is 32.2. The number of aliphatic imine (C=N–C) groups is 1. The fourth-order valence-corrected chi connectivity index (χ4v) is 2.97. The molecule has 1 aromatic carbocycles. The second-order valence-corrected chi connectivity index (χ2v) is 5.39. The summed E-state index contributed by atoms with van der Waals surface area (Å²) in [5.74, 6) is 1.51. The van der Waals surface area contributed by atoms with Gasteiger partial charge in [-0.15, -0.1) is 11.8 Å². The quantitative estimate of drug-likeness (QED) is 0.776. The van der Waals surface area contributed by atoms with Gasteiger partial charge in [0.2, 0.25) is 0 Å². The smallest absolute Gasteiger partial charge is 0.307 e. The third-order valence-corrected chi connectivity index (χ3v) is 4.02. The first-order valence-electron chi connectivity index (χ1n) is 6.10. The molecule has 1 heterocycles. The number of carbonyl (C=O) groups is 1. The number of methoxy groups -OCH3 is 2. The average Bonchev–Trinajstić information content (AvgIpc) is 2.86. The Labute approximate surface area is 117 Å². The lowest BCUT2D eigenvalue weighted by Gasteiger charge is -2.04. The molecule has 1 aliphatic rings. The van der Waals surface area contributed by atoms with Gasteiger partial charge in [0.1, 0.15) is 5.75 Å². The van der Waals surface area contributed by atoms with E-state index in [2.05, 4.69) is 15.8 Å². The minimum absolute atomic E-state index is 0.0538. The van der Waals surface area contributed by atoms with Crippen LogP contribution in [-0.4, -0.2) is 37.0 Å². The van der Waals surface area contributed by atoms with Gasteiger partial charge in [0, 0.05) is 12.2 Å². The molecule has 19 heavy (non-hydrogen) atoms. The number of benzene rings is 1. The summed E-state index contributed by atoms with van der Waals surface area (Å²) < 4.78 is 9.86. The number of hydrogen-bond donors (Lipinski definition) is 0. The largest absolute Gasteiger partial charge is 0.497 e. The molecule has 5 heteroatoms. The van der Waals surface area contributed by atoms with E-state index >= 15 is 0 Å². The Morgan fingerprint density at radius 1 is 1.47 bits per heavy atom. The lowest BCUT2D eigenvalue weighted by atomic mass is 10.1. The van der Waals surface area contributed by atoms with Gasteiger partial charge < -0.3 is 9.47 Å². The van der Waals surface area contributed by atoms with Crippen LogP contribution in [0.5, 0.6) is 5.75 Å². The summed E-state index contributed by atoms with van der Waals surface area (Å²) >= 11 is 1.71. The Morgan fingerprint density at radius 3 is 3.05 bits per heavy atom. The number of rotatable bonds is 5. The highest BCUT2D eigenvalue weighted by Gasteiger charge is 2.21. The van der Waals surface area contributed by atoms with E-state index in [9.17, 15) is 4.79 Å². The molecule has 0 N–H and O–H groups in total. The molecule has 1 atom stereocenters. The zero-order valence-corrected chi connectivity index (χ0v) is 11.9. The van der Waals surface area contributed by atoms with Crippen molar-refractivity contribution in [2.75, 3.05) is 20.0 Å². The van der Waals surface area contributed by atoms with Crippen LogP contribution in [0.3, 0.4) is 0 Å². The molecule has 0 amide bonds. The van der Waals surface area contributed by atoms with Gasteiger partial charge in [-0.1, -0.05) is 12.1 Å². The number of thioether (sulfide) groups is 1. The summed E-state index contributed by atoms with van der Waals surface area (Å²) in [6, 6.07) is 8.02. The lowest BCUT2D eigenvalue weighted by Crippen LogP contribution is -2.12. The summed E-state index contributed by atoms with van der Waals surface area (Å²) in [5, 5.41) is 1.07. The van der Waals surface area contributed by atoms with Crippen molar-refractivity contribution in [1.82, 2.24) is 0 Å². The van der Waals surface area contributed by atoms with Gasteiger partial charge in [0.05, 0.1) is 31.7 Å². The van der Waals surface area contributed by atoms with Gasteiger partial charge in [-0.05, 0) is 17.7 Å². The van der Waals surface area contributed by atoms with Crippen LogP contribution in [0.1, 0.15) is 12.0 Å². The second-order valence-electron chi connectivity index (χ2n) is 4.30. The minimum atomic E-state index is -0.197. The fourth-order valence-electron chi connectivity index (χ4n) is 1.90. The average molecular weight is 279 g/mol. The standard InChI is InChI=1S/C14H17NO3S/c1-17-12-5-3-4-10(6-12)7-13-15-11(9-19-13)8-14(16)18-2/h3-6,11H,7-9H2,1-2H3. The number of nitrogens with zero attached hydrogens (tertiary/aromatic N) is 1. The lowest BCUT2D eigenvalue weighted by molar-refractivity contribution is -0.140. The van der Waals surface area contributed by atoms with Crippen molar-refractivity contribution in [3.05, 3.63) is 29.8 Å². The summed E-state index contributed by atoms with van der Waals surface area (Å²) in [6.45, 7) is 0. The maximum Gasteiger partial charge on any atom is 0.307 e. The molecule has 0 spiro atoms. The molecule has 0 radical (unpaired) electrons. The molecule has 1 unspecified atom stereocenters. The van der Waals surface area contributed by atoms with Crippen LogP contribution < -0.4 is 4.74 Å². The molecule has 4 nitrogen and oxygen atoms in total. The van der Waals surface area contributed by atoms with Gasteiger partial charge >= 0.3 is 5.97 Å². The van der Waals surface area contributed by atoms with Crippen LogP contribution in [0, 0.1) is 0 Å². The van der Waals surface area contributed by atoms with E-state index in [0.717, 1.165) is 23.0 Å². The molecule has 0 saturated carbocycles. The third kappa shape index (κ3) is 3.99. The van der Waals surface area contributed by atoms with Crippen LogP contribution >= 0.6 is 11.8 Å². The maximum atomic E-state index is 11.2. The molecule has 1 aromatic rings. The van der Waals surface area contributed by atoms with Crippen LogP contribution in [0.2, 0.25) is 0 Å². The predicted molar refractivity (Wildman–Crippen MR) is 77.0 cm³/mol. The Balaban J connectivity index is 1.96. The predicted octanol–water partition coefficient (Wildman–Crippen LogP) is 2.31. The molecular formula is C14H17NO3S. The van der Waals surface area contributed by atoms with Gasteiger partial charge in [-0.2, -0.15) is 0 Å². The summed E-state index contributed by atoms with van der Waals surface area (Å²) in [6.07, 6.45) is 1.16. The van der Waals surface area contributed by atoms with E-state index in [-0.39, 0.29) is 12.0 Å².